The van der Waals surface area contributed by atoms with Crippen LogP contribution in [0.5, 0.6) is 23.0 Å². The third-order valence-corrected chi connectivity index (χ3v) is 6.81. The molecule has 3 aromatic rings. The number of benzene rings is 3. The maximum absolute atomic E-state index is 5.91. The fraction of sp³-hybridized carbons (Fsp3) is 0.321. The van der Waals surface area contributed by atoms with Gasteiger partial charge in [0.1, 0.15) is 0 Å². The van der Waals surface area contributed by atoms with Crippen molar-refractivity contribution in [1.82, 2.24) is 10.2 Å². The second-order valence-electron chi connectivity index (χ2n) is 8.40. The van der Waals surface area contributed by atoms with Crippen molar-refractivity contribution < 1.29 is 18.9 Å². The van der Waals surface area contributed by atoms with Gasteiger partial charge in [-0.05, 0) is 71.6 Å². The Morgan fingerprint density at radius 2 is 1.49 bits per heavy atom. The minimum atomic E-state index is 0.0208. The highest BCUT2D eigenvalue weighted by Crippen LogP contribution is 2.40. The topological polar surface area (TPSA) is 52.2 Å². The molecule has 0 aromatic heterocycles. The van der Waals surface area contributed by atoms with Gasteiger partial charge >= 0.3 is 0 Å². The van der Waals surface area contributed by atoms with Gasteiger partial charge in [-0.25, -0.2) is 0 Å². The minimum Gasteiger partial charge on any atom is -0.493 e. The molecule has 0 amide bonds. The predicted octanol–water partition coefficient (Wildman–Crippen LogP) is 4.94. The first-order valence-electron chi connectivity index (χ1n) is 11.6. The molecular weight excluding hydrogens is 460 g/mol. The van der Waals surface area contributed by atoms with E-state index in [1.165, 1.54) is 16.7 Å². The minimum absolute atomic E-state index is 0.0208. The summed E-state index contributed by atoms with van der Waals surface area (Å²) in [5, 5.41) is 4.20. The Kier molecular flexibility index (Phi) is 7.98. The summed E-state index contributed by atoms with van der Waals surface area (Å²) >= 11 is 5.91. The van der Waals surface area contributed by atoms with Gasteiger partial charge in [-0.1, -0.05) is 36.4 Å². The average molecular weight is 493 g/mol. The number of ether oxygens (including phenoxy) is 4. The lowest BCUT2D eigenvalue weighted by molar-refractivity contribution is 0.288. The first kappa shape index (κ1) is 24.7. The zero-order chi connectivity index (χ0) is 24.8. The molecule has 1 heterocycles. The van der Waals surface area contributed by atoms with Crippen LogP contribution in [0.15, 0.2) is 60.7 Å². The van der Waals surface area contributed by atoms with Crippen LogP contribution in [0.3, 0.4) is 0 Å². The number of fused-ring (bicyclic) bond motifs is 1. The van der Waals surface area contributed by atoms with Crippen LogP contribution in [-0.2, 0) is 19.4 Å². The molecule has 0 fully saturated rings. The second-order valence-corrected chi connectivity index (χ2v) is 8.79. The highest BCUT2D eigenvalue weighted by atomic mass is 32.1. The van der Waals surface area contributed by atoms with Crippen molar-refractivity contribution in [2.75, 3.05) is 35.0 Å². The smallest absolute Gasteiger partial charge is 0.169 e. The molecule has 6 nitrogen and oxygen atoms in total. The molecule has 0 saturated carbocycles. The van der Waals surface area contributed by atoms with E-state index >= 15 is 0 Å². The normalized spacial score (nSPS) is 14.6. The van der Waals surface area contributed by atoms with Gasteiger partial charge in [0, 0.05) is 13.1 Å². The number of nitrogens with zero attached hydrogens (tertiary/aromatic N) is 1. The standard InChI is InChI=1S/C28H32N2O4S/c1-31-24-11-10-20(15-25(24)32-2)14-23-22-17-27(34-4)26(33-3)16-21(22)12-13-30(23)28(35)29-18-19-8-6-5-7-9-19/h5-11,15-17,23H,12-14,18H2,1-4H3,(H,29,35)/t23-/m1/s1. The molecule has 0 unspecified atom stereocenters. The number of thiocarbonyl (C=S) groups is 1. The number of nitrogens with one attached hydrogen (secondary N) is 1. The van der Waals surface area contributed by atoms with E-state index in [9.17, 15) is 0 Å². The fourth-order valence-electron chi connectivity index (χ4n) is 4.60. The van der Waals surface area contributed by atoms with Crippen LogP contribution >= 0.6 is 12.2 Å². The first-order chi connectivity index (χ1) is 17.1. The van der Waals surface area contributed by atoms with E-state index in [-0.39, 0.29) is 6.04 Å². The molecule has 184 valence electrons. The second kappa shape index (κ2) is 11.3. The molecule has 1 aliphatic heterocycles. The van der Waals surface area contributed by atoms with Crippen molar-refractivity contribution in [2.24, 2.45) is 0 Å². The molecular formula is C28H32N2O4S. The van der Waals surface area contributed by atoms with Crippen molar-refractivity contribution in [3.8, 4) is 23.0 Å². The highest BCUT2D eigenvalue weighted by molar-refractivity contribution is 7.80. The fourth-order valence-corrected chi connectivity index (χ4v) is 4.89. The van der Waals surface area contributed by atoms with E-state index in [0.717, 1.165) is 35.8 Å². The van der Waals surface area contributed by atoms with Gasteiger partial charge in [0.15, 0.2) is 28.1 Å². The summed E-state index contributed by atoms with van der Waals surface area (Å²) in [6, 6.07) is 20.5. The van der Waals surface area contributed by atoms with Crippen molar-refractivity contribution in [3.05, 3.63) is 82.9 Å². The largest absolute Gasteiger partial charge is 0.493 e. The lowest BCUT2D eigenvalue weighted by atomic mass is 9.88. The predicted molar refractivity (Wildman–Crippen MR) is 142 cm³/mol. The molecule has 3 aromatic carbocycles. The van der Waals surface area contributed by atoms with Gasteiger partial charge in [-0.15, -0.1) is 0 Å². The Morgan fingerprint density at radius 3 is 2.17 bits per heavy atom. The Balaban J connectivity index is 1.67. The van der Waals surface area contributed by atoms with E-state index in [0.29, 0.717) is 23.8 Å². The van der Waals surface area contributed by atoms with Gasteiger partial charge in [-0.2, -0.15) is 0 Å². The van der Waals surface area contributed by atoms with E-state index in [2.05, 4.69) is 40.5 Å². The molecule has 4 rings (SSSR count). The van der Waals surface area contributed by atoms with Crippen LogP contribution < -0.4 is 24.3 Å². The zero-order valence-corrected chi connectivity index (χ0v) is 21.5. The van der Waals surface area contributed by atoms with Gasteiger partial charge in [-0.3, -0.25) is 0 Å². The van der Waals surface area contributed by atoms with Crippen LogP contribution in [0.4, 0.5) is 0 Å². The molecule has 0 bridgehead atoms. The van der Waals surface area contributed by atoms with Crippen molar-refractivity contribution in [2.45, 2.75) is 25.4 Å². The molecule has 0 radical (unpaired) electrons. The van der Waals surface area contributed by atoms with Gasteiger partial charge < -0.3 is 29.2 Å². The average Bonchev–Trinajstić information content (AvgIpc) is 2.91. The molecule has 35 heavy (non-hydrogen) atoms. The third-order valence-electron chi connectivity index (χ3n) is 6.43. The lowest BCUT2D eigenvalue weighted by Gasteiger charge is -2.39. The van der Waals surface area contributed by atoms with Crippen LogP contribution in [-0.4, -0.2) is 45.0 Å². The zero-order valence-electron chi connectivity index (χ0n) is 20.7. The molecule has 1 atom stereocenters. The molecule has 0 aliphatic carbocycles. The SMILES string of the molecule is COc1ccc(C[C@@H]2c3cc(OC)c(OC)cc3CCN2C(=S)NCc2ccccc2)cc1OC. The molecule has 0 saturated heterocycles. The molecule has 7 heteroatoms. The number of hydrogen-bond acceptors (Lipinski definition) is 5. The summed E-state index contributed by atoms with van der Waals surface area (Å²) in [6.07, 6.45) is 1.61. The van der Waals surface area contributed by atoms with Crippen molar-refractivity contribution >= 4 is 17.3 Å². The lowest BCUT2D eigenvalue weighted by Crippen LogP contribution is -2.46. The third kappa shape index (κ3) is 5.46. The molecule has 0 spiro atoms. The van der Waals surface area contributed by atoms with E-state index in [1.54, 1.807) is 28.4 Å². The summed E-state index contributed by atoms with van der Waals surface area (Å²) in [5.41, 5.74) is 4.75. The van der Waals surface area contributed by atoms with Crippen LogP contribution in [0, 0.1) is 0 Å². The van der Waals surface area contributed by atoms with E-state index in [4.69, 9.17) is 31.2 Å². The highest BCUT2D eigenvalue weighted by Gasteiger charge is 2.31. The summed E-state index contributed by atoms with van der Waals surface area (Å²) in [4.78, 5) is 2.28. The van der Waals surface area contributed by atoms with Crippen molar-refractivity contribution in [3.63, 3.8) is 0 Å². The number of methoxy groups -OCH3 is 4. The van der Waals surface area contributed by atoms with Crippen LogP contribution in [0.2, 0.25) is 0 Å². The summed E-state index contributed by atoms with van der Waals surface area (Å²) in [5.74, 6) is 2.89. The Hall–Kier alpha value is -3.45. The number of rotatable bonds is 8. The van der Waals surface area contributed by atoms with Gasteiger partial charge in [0.25, 0.3) is 0 Å². The summed E-state index contributed by atoms with van der Waals surface area (Å²) in [7, 11) is 6.64. The Bertz CT molecular complexity index is 1170. The van der Waals surface area contributed by atoms with E-state index in [1.807, 2.05) is 30.3 Å². The van der Waals surface area contributed by atoms with E-state index < -0.39 is 0 Å². The Labute approximate surface area is 212 Å². The maximum atomic E-state index is 5.91. The monoisotopic (exact) mass is 492 g/mol. The molecule has 1 aliphatic rings. The summed E-state index contributed by atoms with van der Waals surface area (Å²) in [6.45, 7) is 1.49. The van der Waals surface area contributed by atoms with Crippen LogP contribution in [0.25, 0.3) is 0 Å². The number of hydrogen-bond donors (Lipinski definition) is 1. The van der Waals surface area contributed by atoms with Gasteiger partial charge in [0.05, 0.1) is 34.5 Å². The van der Waals surface area contributed by atoms with Crippen LogP contribution in [0.1, 0.15) is 28.3 Å². The maximum Gasteiger partial charge on any atom is 0.169 e. The molecule has 1 N–H and O–H groups in total. The quantitative estimate of drug-likeness (QED) is 0.447. The van der Waals surface area contributed by atoms with Gasteiger partial charge in [0.2, 0.25) is 0 Å². The first-order valence-corrected chi connectivity index (χ1v) is 12.0. The van der Waals surface area contributed by atoms with Crippen molar-refractivity contribution in [1.29, 1.82) is 0 Å². The Morgan fingerprint density at radius 1 is 0.829 bits per heavy atom. The summed E-state index contributed by atoms with van der Waals surface area (Å²) < 4.78 is 22.2.